The number of amides is 1. The molecule has 2 aliphatic rings. The number of carbonyl (C=O) groups is 1. The van der Waals surface area contributed by atoms with Crippen molar-refractivity contribution in [1.29, 1.82) is 0 Å². The molecule has 29 heavy (non-hydrogen) atoms. The van der Waals surface area contributed by atoms with Crippen molar-refractivity contribution in [2.75, 3.05) is 38.2 Å². The van der Waals surface area contributed by atoms with Crippen molar-refractivity contribution in [3.05, 3.63) is 35.7 Å². The van der Waals surface area contributed by atoms with Crippen molar-refractivity contribution in [3.8, 4) is 5.75 Å². The second kappa shape index (κ2) is 9.11. The molecule has 0 aliphatic carbocycles. The summed E-state index contributed by atoms with van der Waals surface area (Å²) in [5.74, 6) is 2.99. The molecule has 0 N–H and O–H groups in total. The number of aromatic nitrogens is 2. The molecule has 156 valence electrons. The van der Waals surface area contributed by atoms with Gasteiger partial charge in [0.05, 0.1) is 7.11 Å². The lowest BCUT2D eigenvalue weighted by atomic mass is 9.93. The highest BCUT2D eigenvalue weighted by molar-refractivity contribution is 7.09. The fraction of sp³-hybridized carbons (Fsp3) is 0.591. The normalized spacial score (nSPS) is 18.8. The van der Waals surface area contributed by atoms with E-state index in [4.69, 9.17) is 9.72 Å². The van der Waals surface area contributed by atoms with Crippen LogP contribution < -0.4 is 9.64 Å². The van der Waals surface area contributed by atoms with E-state index in [-0.39, 0.29) is 5.92 Å². The summed E-state index contributed by atoms with van der Waals surface area (Å²) in [5.41, 5.74) is 1.15. The monoisotopic (exact) mass is 414 g/mol. The minimum atomic E-state index is 0.170. The maximum absolute atomic E-state index is 12.8. The Morgan fingerprint density at radius 1 is 1.17 bits per heavy atom. The van der Waals surface area contributed by atoms with Crippen LogP contribution in [0, 0.1) is 11.8 Å². The SMILES string of the molecule is COc1cccc(Cc2nsc(N3CCC(C(=O)N4CCC(C)CC4)CC3)n2)c1. The molecule has 2 aliphatic heterocycles. The Bertz CT molecular complexity index is 824. The molecule has 2 fully saturated rings. The van der Waals surface area contributed by atoms with Crippen LogP contribution in [-0.2, 0) is 11.2 Å². The molecular weight excluding hydrogens is 384 g/mol. The van der Waals surface area contributed by atoms with Crippen LogP contribution in [0.25, 0.3) is 0 Å². The van der Waals surface area contributed by atoms with Gasteiger partial charge in [-0.3, -0.25) is 4.79 Å². The fourth-order valence-corrected chi connectivity index (χ4v) is 4.95. The van der Waals surface area contributed by atoms with E-state index in [1.807, 2.05) is 18.2 Å². The summed E-state index contributed by atoms with van der Waals surface area (Å²) >= 11 is 1.46. The van der Waals surface area contributed by atoms with Gasteiger partial charge in [-0.15, -0.1) is 0 Å². The lowest BCUT2D eigenvalue weighted by molar-refractivity contribution is -0.137. The van der Waals surface area contributed by atoms with Crippen molar-refractivity contribution in [2.24, 2.45) is 11.8 Å². The molecular formula is C22H30N4O2S. The first kappa shape index (κ1) is 20.1. The summed E-state index contributed by atoms with van der Waals surface area (Å²) in [6, 6.07) is 8.03. The Labute approximate surface area is 177 Å². The van der Waals surface area contributed by atoms with Crippen LogP contribution in [0.2, 0.25) is 0 Å². The fourth-order valence-electron chi connectivity index (χ4n) is 4.21. The zero-order valence-corrected chi connectivity index (χ0v) is 18.2. The Hall–Kier alpha value is -2.15. The molecule has 0 atom stereocenters. The number of anilines is 1. The quantitative estimate of drug-likeness (QED) is 0.748. The summed E-state index contributed by atoms with van der Waals surface area (Å²) in [6.45, 7) is 5.92. The van der Waals surface area contributed by atoms with E-state index in [0.717, 1.165) is 80.0 Å². The number of hydrogen-bond acceptors (Lipinski definition) is 6. The molecule has 0 unspecified atom stereocenters. The average molecular weight is 415 g/mol. The number of rotatable bonds is 5. The topological polar surface area (TPSA) is 58.6 Å². The molecule has 0 radical (unpaired) electrons. The summed E-state index contributed by atoms with van der Waals surface area (Å²) in [4.78, 5) is 22.0. The standard InChI is InChI=1S/C22H30N4O2S/c1-16-6-10-25(11-7-16)21(27)18-8-12-26(13-9-18)22-23-20(24-29-22)15-17-4-3-5-19(14-17)28-2/h3-5,14,16,18H,6-13,15H2,1-2H3. The maximum Gasteiger partial charge on any atom is 0.225 e. The van der Waals surface area contributed by atoms with E-state index in [0.29, 0.717) is 12.3 Å². The van der Waals surface area contributed by atoms with Gasteiger partial charge in [0.15, 0.2) is 0 Å². The molecule has 4 rings (SSSR count). The molecule has 3 heterocycles. The van der Waals surface area contributed by atoms with E-state index in [2.05, 4.69) is 27.2 Å². The smallest absolute Gasteiger partial charge is 0.225 e. The second-order valence-electron chi connectivity index (χ2n) is 8.29. The lowest BCUT2D eigenvalue weighted by Crippen LogP contribution is -2.45. The van der Waals surface area contributed by atoms with Crippen molar-refractivity contribution < 1.29 is 9.53 Å². The molecule has 1 aromatic heterocycles. The van der Waals surface area contributed by atoms with Crippen LogP contribution in [0.5, 0.6) is 5.75 Å². The van der Waals surface area contributed by atoms with Crippen LogP contribution in [0.3, 0.4) is 0 Å². The number of methoxy groups -OCH3 is 1. The number of benzene rings is 1. The lowest BCUT2D eigenvalue weighted by Gasteiger charge is -2.36. The predicted octanol–water partition coefficient (Wildman–Crippen LogP) is 3.61. The predicted molar refractivity (Wildman–Crippen MR) is 116 cm³/mol. The van der Waals surface area contributed by atoms with E-state index < -0.39 is 0 Å². The van der Waals surface area contributed by atoms with E-state index in [1.54, 1.807) is 7.11 Å². The summed E-state index contributed by atoms with van der Waals surface area (Å²) in [7, 11) is 1.68. The number of ether oxygens (including phenoxy) is 1. The first-order valence-corrected chi connectivity index (χ1v) is 11.4. The van der Waals surface area contributed by atoms with Gasteiger partial charge in [0.2, 0.25) is 11.0 Å². The highest BCUT2D eigenvalue weighted by atomic mass is 32.1. The zero-order chi connectivity index (χ0) is 20.2. The van der Waals surface area contributed by atoms with Crippen LogP contribution in [0.1, 0.15) is 44.0 Å². The molecule has 7 heteroatoms. The van der Waals surface area contributed by atoms with Gasteiger partial charge in [-0.1, -0.05) is 19.1 Å². The second-order valence-corrected chi connectivity index (χ2v) is 9.02. The summed E-state index contributed by atoms with van der Waals surface area (Å²) < 4.78 is 9.84. The Balaban J connectivity index is 1.30. The Kier molecular flexibility index (Phi) is 6.33. The highest BCUT2D eigenvalue weighted by Crippen LogP contribution is 2.28. The zero-order valence-electron chi connectivity index (χ0n) is 17.3. The molecule has 1 aromatic carbocycles. The van der Waals surface area contributed by atoms with Gasteiger partial charge >= 0.3 is 0 Å². The average Bonchev–Trinajstić information content (AvgIpc) is 3.22. The van der Waals surface area contributed by atoms with E-state index >= 15 is 0 Å². The van der Waals surface area contributed by atoms with Crippen LogP contribution in [0.15, 0.2) is 24.3 Å². The third kappa shape index (κ3) is 4.89. The number of carbonyl (C=O) groups excluding carboxylic acids is 1. The first-order valence-electron chi connectivity index (χ1n) is 10.6. The number of hydrogen-bond donors (Lipinski definition) is 0. The van der Waals surface area contributed by atoms with Gasteiger partial charge in [-0.25, -0.2) is 4.98 Å². The summed E-state index contributed by atoms with van der Waals surface area (Å²) in [6.07, 6.45) is 4.82. The molecule has 2 aromatic rings. The van der Waals surface area contributed by atoms with Gasteiger partial charge in [-0.2, -0.15) is 4.37 Å². The third-order valence-electron chi connectivity index (χ3n) is 6.16. The molecule has 1 amide bonds. The summed E-state index contributed by atoms with van der Waals surface area (Å²) in [5, 5.41) is 0.973. The Morgan fingerprint density at radius 2 is 1.93 bits per heavy atom. The minimum Gasteiger partial charge on any atom is -0.497 e. The van der Waals surface area contributed by atoms with Crippen LogP contribution in [0.4, 0.5) is 5.13 Å². The van der Waals surface area contributed by atoms with Crippen molar-refractivity contribution >= 4 is 22.6 Å². The van der Waals surface area contributed by atoms with Gasteiger partial charge in [0.25, 0.3) is 0 Å². The van der Waals surface area contributed by atoms with Crippen molar-refractivity contribution in [2.45, 2.75) is 39.0 Å². The van der Waals surface area contributed by atoms with Crippen LogP contribution >= 0.6 is 11.5 Å². The van der Waals surface area contributed by atoms with Crippen molar-refractivity contribution in [3.63, 3.8) is 0 Å². The van der Waals surface area contributed by atoms with Gasteiger partial charge in [0.1, 0.15) is 11.6 Å². The first-order chi connectivity index (χ1) is 14.1. The van der Waals surface area contributed by atoms with Gasteiger partial charge in [0, 0.05) is 50.1 Å². The molecule has 6 nitrogen and oxygen atoms in total. The molecule has 0 spiro atoms. The van der Waals surface area contributed by atoms with Crippen molar-refractivity contribution in [1.82, 2.24) is 14.3 Å². The van der Waals surface area contributed by atoms with Gasteiger partial charge < -0.3 is 14.5 Å². The van der Waals surface area contributed by atoms with E-state index in [9.17, 15) is 4.79 Å². The molecule has 2 saturated heterocycles. The number of likely N-dealkylation sites (tertiary alicyclic amines) is 1. The molecule has 0 saturated carbocycles. The highest BCUT2D eigenvalue weighted by Gasteiger charge is 2.31. The number of piperidine rings is 2. The molecule has 0 bridgehead atoms. The van der Waals surface area contributed by atoms with Crippen LogP contribution in [-0.4, -0.2) is 53.5 Å². The van der Waals surface area contributed by atoms with E-state index in [1.165, 1.54) is 11.5 Å². The van der Waals surface area contributed by atoms with Gasteiger partial charge in [-0.05, 0) is 49.3 Å². The Morgan fingerprint density at radius 3 is 2.66 bits per heavy atom. The maximum atomic E-state index is 12.8. The largest absolute Gasteiger partial charge is 0.497 e. The third-order valence-corrected chi connectivity index (χ3v) is 6.98. The minimum absolute atomic E-state index is 0.170. The number of nitrogens with zero attached hydrogens (tertiary/aromatic N) is 4.